The lowest BCUT2D eigenvalue weighted by molar-refractivity contribution is -0.137. The standard InChI is InChI=1S/C12H23NO3/c1-5-13(6-2)11(14)12(3)9-10(12)16-8-7-15-4/h10H,5-9H2,1-4H3/t10-,12+/m1/s1. The van der Waals surface area contributed by atoms with Crippen molar-refractivity contribution in [2.24, 2.45) is 5.41 Å². The lowest BCUT2D eigenvalue weighted by atomic mass is 10.1. The molecule has 1 amide bonds. The normalized spacial score (nSPS) is 27.9. The molecule has 0 radical (unpaired) electrons. The highest BCUT2D eigenvalue weighted by atomic mass is 16.5. The molecule has 0 unspecified atom stereocenters. The second kappa shape index (κ2) is 5.64. The molecule has 0 aromatic rings. The van der Waals surface area contributed by atoms with Gasteiger partial charge in [-0.3, -0.25) is 4.79 Å². The average molecular weight is 229 g/mol. The topological polar surface area (TPSA) is 38.8 Å². The molecule has 1 saturated carbocycles. The van der Waals surface area contributed by atoms with Crippen LogP contribution in [0.25, 0.3) is 0 Å². The van der Waals surface area contributed by atoms with Crippen molar-refractivity contribution < 1.29 is 14.3 Å². The van der Waals surface area contributed by atoms with E-state index in [9.17, 15) is 4.79 Å². The quantitative estimate of drug-likeness (QED) is 0.618. The molecule has 2 atom stereocenters. The Morgan fingerprint density at radius 3 is 2.50 bits per heavy atom. The first kappa shape index (κ1) is 13.5. The van der Waals surface area contributed by atoms with Gasteiger partial charge in [-0.2, -0.15) is 0 Å². The van der Waals surface area contributed by atoms with Gasteiger partial charge in [-0.1, -0.05) is 0 Å². The molecule has 94 valence electrons. The van der Waals surface area contributed by atoms with E-state index in [1.165, 1.54) is 0 Å². The van der Waals surface area contributed by atoms with Crippen molar-refractivity contribution in [3.05, 3.63) is 0 Å². The summed E-state index contributed by atoms with van der Waals surface area (Å²) in [4.78, 5) is 14.0. The highest BCUT2D eigenvalue weighted by Crippen LogP contribution is 2.49. The zero-order valence-corrected chi connectivity index (χ0v) is 10.8. The molecule has 4 heteroatoms. The summed E-state index contributed by atoms with van der Waals surface area (Å²) < 4.78 is 10.5. The van der Waals surface area contributed by atoms with E-state index in [-0.39, 0.29) is 17.4 Å². The van der Waals surface area contributed by atoms with Gasteiger partial charge in [0.25, 0.3) is 0 Å². The van der Waals surface area contributed by atoms with Crippen LogP contribution in [0.2, 0.25) is 0 Å². The number of carbonyl (C=O) groups excluding carboxylic acids is 1. The minimum absolute atomic E-state index is 0.0794. The van der Waals surface area contributed by atoms with Crippen LogP contribution in [0, 0.1) is 5.41 Å². The van der Waals surface area contributed by atoms with Crippen LogP contribution in [0.5, 0.6) is 0 Å². The zero-order chi connectivity index (χ0) is 12.2. The Morgan fingerprint density at radius 2 is 2.00 bits per heavy atom. The molecule has 0 saturated heterocycles. The van der Waals surface area contributed by atoms with E-state index in [1.807, 2.05) is 25.7 Å². The van der Waals surface area contributed by atoms with Crippen LogP contribution in [0.4, 0.5) is 0 Å². The summed E-state index contributed by atoms with van der Waals surface area (Å²) in [7, 11) is 1.65. The number of hydrogen-bond acceptors (Lipinski definition) is 3. The molecule has 1 aliphatic rings. The molecule has 0 bridgehead atoms. The summed E-state index contributed by atoms with van der Waals surface area (Å²) in [5, 5.41) is 0. The van der Waals surface area contributed by atoms with E-state index < -0.39 is 0 Å². The Bertz CT molecular complexity index is 240. The first-order chi connectivity index (χ1) is 7.60. The monoisotopic (exact) mass is 229 g/mol. The van der Waals surface area contributed by atoms with Gasteiger partial charge in [0.15, 0.2) is 0 Å². The molecule has 0 aromatic carbocycles. The van der Waals surface area contributed by atoms with Crippen molar-refractivity contribution in [2.45, 2.75) is 33.3 Å². The summed E-state index contributed by atoms with van der Waals surface area (Å²) in [6.45, 7) is 8.72. The van der Waals surface area contributed by atoms with Gasteiger partial charge in [0, 0.05) is 20.2 Å². The van der Waals surface area contributed by atoms with Crippen molar-refractivity contribution in [3.63, 3.8) is 0 Å². The Balaban J connectivity index is 2.40. The summed E-state index contributed by atoms with van der Waals surface area (Å²) in [5.41, 5.74) is -0.292. The number of nitrogens with zero attached hydrogens (tertiary/aromatic N) is 1. The minimum atomic E-state index is -0.292. The van der Waals surface area contributed by atoms with Crippen molar-refractivity contribution in [2.75, 3.05) is 33.4 Å². The summed E-state index contributed by atoms with van der Waals surface area (Å²) >= 11 is 0. The third kappa shape index (κ3) is 2.74. The Hall–Kier alpha value is -0.610. The minimum Gasteiger partial charge on any atom is -0.382 e. The highest BCUT2D eigenvalue weighted by Gasteiger charge is 2.58. The largest absolute Gasteiger partial charge is 0.382 e. The maximum absolute atomic E-state index is 12.1. The third-order valence-electron chi connectivity index (χ3n) is 3.31. The number of carbonyl (C=O) groups is 1. The lowest BCUT2D eigenvalue weighted by Gasteiger charge is -2.23. The summed E-state index contributed by atoms with van der Waals surface area (Å²) in [5.74, 6) is 0.222. The molecule has 0 heterocycles. The van der Waals surface area contributed by atoms with Gasteiger partial charge in [-0.15, -0.1) is 0 Å². The Kier molecular flexibility index (Phi) is 4.74. The molecule has 0 aliphatic heterocycles. The van der Waals surface area contributed by atoms with E-state index in [0.29, 0.717) is 13.2 Å². The molecule has 0 aromatic heterocycles. The van der Waals surface area contributed by atoms with Crippen molar-refractivity contribution in [1.82, 2.24) is 4.90 Å². The van der Waals surface area contributed by atoms with E-state index >= 15 is 0 Å². The van der Waals surface area contributed by atoms with Gasteiger partial charge >= 0.3 is 0 Å². The van der Waals surface area contributed by atoms with Gasteiger partial charge < -0.3 is 14.4 Å². The van der Waals surface area contributed by atoms with Crippen LogP contribution < -0.4 is 0 Å². The summed E-state index contributed by atoms with van der Waals surface area (Å²) in [6.07, 6.45) is 0.919. The van der Waals surface area contributed by atoms with Gasteiger partial charge in [-0.05, 0) is 27.2 Å². The maximum Gasteiger partial charge on any atom is 0.231 e. The molecular weight excluding hydrogens is 206 g/mol. The number of hydrogen-bond donors (Lipinski definition) is 0. The van der Waals surface area contributed by atoms with Crippen LogP contribution in [0.1, 0.15) is 27.2 Å². The second-order valence-corrected chi connectivity index (χ2v) is 4.45. The van der Waals surface area contributed by atoms with E-state index in [1.54, 1.807) is 7.11 Å². The predicted molar refractivity (Wildman–Crippen MR) is 62.3 cm³/mol. The molecule has 1 rings (SSSR count). The maximum atomic E-state index is 12.1. The van der Waals surface area contributed by atoms with Gasteiger partial charge in [-0.25, -0.2) is 0 Å². The van der Waals surface area contributed by atoms with Crippen LogP contribution in [0.3, 0.4) is 0 Å². The van der Waals surface area contributed by atoms with E-state index in [2.05, 4.69) is 0 Å². The predicted octanol–water partition coefficient (Wildman–Crippen LogP) is 1.30. The zero-order valence-electron chi connectivity index (χ0n) is 10.8. The van der Waals surface area contributed by atoms with E-state index in [0.717, 1.165) is 19.5 Å². The van der Waals surface area contributed by atoms with Gasteiger partial charge in [0.1, 0.15) is 0 Å². The van der Waals surface area contributed by atoms with Crippen molar-refractivity contribution in [1.29, 1.82) is 0 Å². The molecule has 4 nitrogen and oxygen atoms in total. The average Bonchev–Trinajstić information content (AvgIpc) is 2.93. The fourth-order valence-corrected chi connectivity index (χ4v) is 1.94. The highest BCUT2D eigenvalue weighted by molar-refractivity contribution is 5.86. The lowest BCUT2D eigenvalue weighted by Crippen LogP contribution is -2.37. The van der Waals surface area contributed by atoms with Crippen LogP contribution in [0.15, 0.2) is 0 Å². The molecule has 1 aliphatic carbocycles. The van der Waals surface area contributed by atoms with Crippen LogP contribution >= 0.6 is 0 Å². The molecule has 1 fully saturated rings. The molecule has 0 N–H and O–H groups in total. The molecule has 0 spiro atoms. The fraction of sp³-hybridized carbons (Fsp3) is 0.917. The number of methoxy groups -OCH3 is 1. The molecular formula is C12H23NO3. The fourth-order valence-electron chi connectivity index (χ4n) is 1.94. The van der Waals surface area contributed by atoms with Gasteiger partial charge in [0.05, 0.1) is 24.7 Å². The Morgan fingerprint density at radius 1 is 1.38 bits per heavy atom. The smallest absolute Gasteiger partial charge is 0.231 e. The van der Waals surface area contributed by atoms with Crippen molar-refractivity contribution in [3.8, 4) is 0 Å². The van der Waals surface area contributed by atoms with Crippen LogP contribution in [-0.4, -0.2) is 50.3 Å². The summed E-state index contributed by atoms with van der Waals surface area (Å²) in [6, 6.07) is 0. The first-order valence-electron chi connectivity index (χ1n) is 6.00. The number of ether oxygens (including phenoxy) is 2. The Labute approximate surface area is 97.9 Å². The van der Waals surface area contributed by atoms with Crippen molar-refractivity contribution >= 4 is 5.91 Å². The second-order valence-electron chi connectivity index (χ2n) is 4.45. The first-order valence-corrected chi connectivity index (χ1v) is 6.00. The number of amides is 1. The van der Waals surface area contributed by atoms with Gasteiger partial charge in [0.2, 0.25) is 5.91 Å². The third-order valence-corrected chi connectivity index (χ3v) is 3.31. The SMILES string of the molecule is CCN(CC)C(=O)[C@@]1(C)C[C@H]1OCCOC. The molecule has 16 heavy (non-hydrogen) atoms. The van der Waals surface area contributed by atoms with E-state index in [4.69, 9.17) is 9.47 Å². The number of rotatable bonds is 7. The van der Waals surface area contributed by atoms with Crippen LogP contribution in [-0.2, 0) is 14.3 Å².